The number of carbonyl (C=O) groups is 1. The van der Waals surface area contributed by atoms with Crippen LogP contribution < -0.4 is 20.5 Å². The van der Waals surface area contributed by atoms with E-state index in [0.29, 0.717) is 19.8 Å². The number of fused-ring (bicyclic) bond motifs is 2. The molecular weight excluding hydrogens is 444 g/mol. The molecule has 0 spiro atoms. The number of para-hydroxylation sites is 2. The lowest BCUT2D eigenvalue weighted by molar-refractivity contribution is -0.123. The van der Waals surface area contributed by atoms with E-state index < -0.39 is 0 Å². The third-order valence-corrected chi connectivity index (χ3v) is 7.03. The molecule has 1 atom stereocenters. The second kappa shape index (κ2) is 10.2. The van der Waals surface area contributed by atoms with Gasteiger partial charge in [0.1, 0.15) is 0 Å². The first-order valence-electron chi connectivity index (χ1n) is 12.6. The summed E-state index contributed by atoms with van der Waals surface area (Å²) in [6, 6.07) is 13.8. The average Bonchev–Trinajstić information content (AvgIpc) is 3.01. The van der Waals surface area contributed by atoms with Crippen molar-refractivity contribution in [3.05, 3.63) is 58.5 Å². The number of imidazole rings is 1. The average molecular weight is 479 g/mol. The topological polar surface area (TPSA) is 88.6 Å². The van der Waals surface area contributed by atoms with Crippen molar-refractivity contribution in [3.63, 3.8) is 0 Å². The van der Waals surface area contributed by atoms with Crippen molar-refractivity contribution in [1.82, 2.24) is 19.8 Å². The molecule has 3 heterocycles. The third-order valence-electron chi connectivity index (χ3n) is 7.03. The highest BCUT2D eigenvalue weighted by Gasteiger charge is 2.26. The van der Waals surface area contributed by atoms with Crippen LogP contribution in [0.15, 0.2) is 47.3 Å². The molecule has 35 heavy (non-hydrogen) atoms. The lowest BCUT2D eigenvalue weighted by atomic mass is 9.95. The minimum atomic E-state index is -0.109. The number of aromatic amines is 1. The van der Waals surface area contributed by atoms with Crippen LogP contribution in [0.3, 0.4) is 0 Å². The van der Waals surface area contributed by atoms with Crippen LogP contribution in [0.25, 0.3) is 11.0 Å². The van der Waals surface area contributed by atoms with Crippen LogP contribution in [-0.2, 0) is 4.79 Å². The maximum absolute atomic E-state index is 13.0. The van der Waals surface area contributed by atoms with Crippen molar-refractivity contribution in [2.24, 2.45) is 5.92 Å². The van der Waals surface area contributed by atoms with Crippen molar-refractivity contribution >= 4 is 16.9 Å². The zero-order valence-electron chi connectivity index (χ0n) is 20.5. The highest BCUT2D eigenvalue weighted by Crippen LogP contribution is 2.34. The molecule has 2 aliphatic rings. The number of rotatable bonds is 6. The molecule has 0 aliphatic carbocycles. The van der Waals surface area contributed by atoms with E-state index in [2.05, 4.69) is 29.0 Å². The Morgan fingerprint density at radius 2 is 1.83 bits per heavy atom. The lowest BCUT2D eigenvalue weighted by Crippen LogP contribution is -2.44. The number of piperidine rings is 1. The van der Waals surface area contributed by atoms with Crippen LogP contribution in [0.5, 0.6) is 11.5 Å². The number of H-pyrrole nitrogens is 1. The molecule has 0 radical (unpaired) electrons. The third kappa shape index (κ3) is 5.07. The van der Waals surface area contributed by atoms with Crippen LogP contribution in [-0.4, -0.2) is 53.2 Å². The Bertz CT molecular complexity index is 1240. The summed E-state index contributed by atoms with van der Waals surface area (Å²) in [5.41, 5.74) is 2.78. The van der Waals surface area contributed by atoms with Crippen LogP contribution in [0.4, 0.5) is 0 Å². The number of ether oxygens (including phenoxy) is 2. The summed E-state index contributed by atoms with van der Waals surface area (Å²) in [5, 5.41) is 3.24. The fraction of sp³-hybridized carbons (Fsp3) is 0.481. The maximum Gasteiger partial charge on any atom is 0.326 e. The first-order chi connectivity index (χ1) is 17.0. The van der Waals surface area contributed by atoms with Crippen molar-refractivity contribution in [2.45, 2.75) is 45.2 Å². The Kier molecular flexibility index (Phi) is 6.81. The van der Waals surface area contributed by atoms with Gasteiger partial charge in [0.05, 0.1) is 36.8 Å². The number of nitrogens with zero attached hydrogens (tertiary/aromatic N) is 2. The molecule has 1 fully saturated rings. The summed E-state index contributed by atoms with van der Waals surface area (Å²) in [5.74, 6) is 1.74. The molecule has 0 unspecified atom stereocenters. The summed E-state index contributed by atoms with van der Waals surface area (Å²) in [4.78, 5) is 30.7. The monoisotopic (exact) mass is 478 g/mol. The summed E-state index contributed by atoms with van der Waals surface area (Å²) in [6.07, 6.45) is 2.54. The van der Waals surface area contributed by atoms with E-state index in [1.54, 1.807) is 0 Å². The number of hydrogen-bond donors (Lipinski definition) is 2. The Hall–Kier alpha value is -3.26. The van der Waals surface area contributed by atoms with Gasteiger partial charge in [0, 0.05) is 25.6 Å². The highest BCUT2D eigenvalue weighted by atomic mass is 16.5. The summed E-state index contributed by atoms with van der Waals surface area (Å²) in [6.45, 7) is 7.42. The van der Waals surface area contributed by atoms with Gasteiger partial charge in [0.15, 0.2) is 11.5 Å². The van der Waals surface area contributed by atoms with E-state index in [-0.39, 0.29) is 29.6 Å². The fourth-order valence-electron chi connectivity index (χ4n) is 5.20. The number of benzene rings is 2. The van der Waals surface area contributed by atoms with E-state index in [0.717, 1.165) is 60.4 Å². The van der Waals surface area contributed by atoms with Gasteiger partial charge in [-0.1, -0.05) is 32.0 Å². The second-order valence-electron chi connectivity index (χ2n) is 9.87. The molecule has 0 saturated carbocycles. The smallest absolute Gasteiger partial charge is 0.326 e. The van der Waals surface area contributed by atoms with E-state index in [9.17, 15) is 9.59 Å². The van der Waals surface area contributed by atoms with Crippen molar-refractivity contribution in [2.75, 3.05) is 32.8 Å². The zero-order chi connectivity index (χ0) is 24.4. The quantitative estimate of drug-likeness (QED) is 0.565. The van der Waals surface area contributed by atoms with Crippen molar-refractivity contribution in [1.29, 1.82) is 0 Å². The van der Waals surface area contributed by atoms with Crippen molar-refractivity contribution in [3.8, 4) is 11.5 Å². The van der Waals surface area contributed by atoms with Crippen LogP contribution in [0.1, 0.15) is 50.8 Å². The molecule has 2 aromatic carbocycles. The molecule has 1 aromatic heterocycles. The summed E-state index contributed by atoms with van der Waals surface area (Å²) >= 11 is 0. The van der Waals surface area contributed by atoms with Crippen LogP contribution in [0.2, 0.25) is 0 Å². The number of hydrogen-bond acceptors (Lipinski definition) is 5. The van der Waals surface area contributed by atoms with Gasteiger partial charge in [-0.05, 0) is 48.6 Å². The van der Waals surface area contributed by atoms with Crippen molar-refractivity contribution < 1.29 is 14.3 Å². The lowest BCUT2D eigenvalue weighted by Gasteiger charge is -2.32. The van der Waals surface area contributed by atoms with Crippen LogP contribution in [0, 0.1) is 5.92 Å². The molecule has 2 aliphatic heterocycles. The van der Waals surface area contributed by atoms with Crippen LogP contribution >= 0.6 is 0 Å². The van der Waals surface area contributed by atoms with Gasteiger partial charge in [0.25, 0.3) is 0 Å². The Morgan fingerprint density at radius 3 is 2.60 bits per heavy atom. The highest BCUT2D eigenvalue weighted by molar-refractivity contribution is 5.78. The second-order valence-corrected chi connectivity index (χ2v) is 9.87. The molecule has 3 aromatic rings. The normalized spacial score (nSPS) is 17.9. The summed E-state index contributed by atoms with van der Waals surface area (Å²) in [7, 11) is 0. The first kappa shape index (κ1) is 23.5. The Labute approximate surface area is 205 Å². The molecular formula is C27H34N4O4. The zero-order valence-corrected chi connectivity index (χ0v) is 20.5. The Morgan fingerprint density at radius 1 is 1.09 bits per heavy atom. The molecule has 186 valence electrons. The SMILES string of the molecule is CC(C)[C@@H](NC(=O)CN1CCC(n2c(=O)[nH]c3ccccc32)CC1)c1ccc2c(c1)OCCCO2. The van der Waals surface area contributed by atoms with E-state index in [4.69, 9.17) is 9.47 Å². The molecule has 5 rings (SSSR count). The summed E-state index contributed by atoms with van der Waals surface area (Å²) < 4.78 is 13.5. The molecule has 1 amide bonds. The molecule has 2 N–H and O–H groups in total. The van der Waals surface area contributed by atoms with Gasteiger partial charge >= 0.3 is 5.69 Å². The Balaban J connectivity index is 1.20. The largest absolute Gasteiger partial charge is 0.490 e. The number of aromatic nitrogens is 2. The first-order valence-corrected chi connectivity index (χ1v) is 12.6. The predicted octanol–water partition coefficient (Wildman–Crippen LogP) is 3.64. The minimum Gasteiger partial charge on any atom is -0.490 e. The minimum absolute atomic E-state index is 0.0125. The van der Waals surface area contributed by atoms with E-state index >= 15 is 0 Å². The molecule has 1 saturated heterocycles. The van der Waals surface area contributed by atoms with Gasteiger partial charge in [-0.15, -0.1) is 0 Å². The van der Waals surface area contributed by atoms with Gasteiger partial charge in [-0.25, -0.2) is 4.79 Å². The van der Waals surface area contributed by atoms with Gasteiger partial charge in [-0.3, -0.25) is 14.3 Å². The predicted molar refractivity (Wildman–Crippen MR) is 135 cm³/mol. The number of amides is 1. The molecule has 0 bridgehead atoms. The number of likely N-dealkylation sites (tertiary alicyclic amines) is 1. The number of nitrogens with one attached hydrogen (secondary N) is 2. The molecule has 8 nitrogen and oxygen atoms in total. The molecule has 8 heteroatoms. The van der Waals surface area contributed by atoms with E-state index in [1.807, 2.05) is 47.0 Å². The maximum atomic E-state index is 13.0. The standard InChI is InChI=1S/C27H34N4O4/c1-18(2)26(19-8-9-23-24(16-19)35-15-5-14-34-23)29-25(32)17-30-12-10-20(11-13-30)31-22-7-4-3-6-21(22)28-27(31)33/h3-4,6-9,16,18,20,26H,5,10-15,17H2,1-2H3,(H,28,33)(H,29,32)/t26-/m1/s1. The fourth-order valence-corrected chi connectivity index (χ4v) is 5.20. The van der Waals surface area contributed by atoms with E-state index in [1.165, 1.54) is 0 Å². The van der Waals surface area contributed by atoms with Gasteiger partial charge in [0.2, 0.25) is 5.91 Å². The van der Waals surface area contributed by atoms with Gasteiger partial charge < -0.3 is 19.8 Å². The number of carbonyl (C=O) groups excluding carboxylic acids is 1. The van der Waals surface area contributed by atoms with Gasteiger partial charge in [-0.2, -0.15) is 0 Å².